The van der Waals surface area contributed by atoms with E-state index in [0.29, 0.717) is 17.9 Å². The zero-order valence-corrected chi connectivity index (χ0v) is 17.0. The van der Waals surface area contributed by atoms with Gasteiger partial charge in [-0.1, -0.05) is 24.3 Å². The highest BCUT2D eigenvalue weighted by molar-refractivity contribution is 8.25. The third-order valence-corrected chi connectivity index (χ3v) is 8.69. The molecular formula is C19H25NO5S2. The SMILES string of the molecule is CN(C)CCCOc1cccc2c1C(S(=O)(=O)c1ccccc1)CS2(O)O. The highest BCUT2D eigenvalue weighted by atomic mass is 32.3. The summed E-state index contributed by atoms with van der Waals surface area (Å²) in [5.41, 5.74) is 0.381. The average Bonchev–Trinajstić information content (AvgIpc) is 2.92. The van der Waals surface area contributed by atoms with Gasteiger partial charge in [-0.25, -0.2) is 8.42 Å². The lowest BCUT2D eigenvalue weighted by Crippen LogP contribution is -2.17. The fraction of sp³-hybridized carbons (Fsp3) is 0.368. The van der Waals surface area contributed by atoms with Crippen LogP contribution in [-0.4, -0.2) is 55.4 Å². The van der Waals surface area contributed by atoms with Gasteiger partial charge in [0.15, 0.2) is 9.84 Å². The summed E-state index contributed by atoms with van der Waals surface area (Å²) in [6.07, 6.45) is 0.781. The number of rotatable bonds is 7. The van der Waals surface area contributed by atoms with Crippen LogP contribution in [0.25, 0.3) is 0 Å². The van der Waals surface area contributed by atoms with Crippen LogP contribution in [0.2, 0.25) is 0 Å². The zero-order valence-electron chi connectivity index (χ0n) is 15.4. The molecule has 148 valence electrons. The van der Waals surface area contributed by atoms with Gasteiger partial charge in [0.2, 0.25) is 0 Å². The van der Waals surface area contributed by atoms with Crippen molar-refractivity contribution in [3.8, 4) is 5.75 Å². The van der Waals surface area contributed by atoms with Gasteiger partial charge in [0.1, 0.15) is 11.0 Å². The van der Waals surface area contributed by atoms with E-state index in [4.69, 9.17) is 4.74 Å². The summed E-state index contributed by atoms with van der Waals surface area (Å²) in [7, 11) is -3.02. The number of nitrogens with zero attached hydrogens (tertiary/aromatic N) is 1. The summed E-state index contributed by atoms with van der Waals surface area (Å²) < 4.78 is 53.2. The molecule has 0 saturated carbocycles. The molecule has 1 unspecified atom stereocenters. The van der Waals surface area contributed by atoms with Crippen molar-refractivity contribution in [1.82, 2.24) is 4.90 Å². The smallest absolute Gasteiger partial charge is 0.187 e. The molecule has 0 fully saturated rings. The lowest BCUT2D eigenvalue weighted by molar-refractivity contribution is 0.279. The van der Waals surface area contributed by atoms with Crippen molar-refractivity contribution in [1.29, 1.82) is 0 Å². The topological polar surface area (TPSA) is 87.1 Å². The van der Waals surface area contributed by atoms with Gasteiger partial charge >= 0.3 is 0 Å². The standard InChI is InChI=1S/C19H25NO5S2/c1-20(2)12-7-13-25-16-10-6-11-17-19(16)18(14-26(17,21)22)27(23,24)15-8-4-3-5-9-15/h3-6,8-11,18,21-22H,7,12-14H2,1-2H3. The van der Waals surface area contributed by atoms with Crippen molar-refractivity contribution in [2.75, 3.05) is 33.0 Å². The molecule has 1 aliphatic heterocycles. The molecule has 0 spiro atoms. The van der Waals surface area contributed by atoms with E-state index < -0.39 is 25.7 Å². The number of ether oxygens (including phenoxy) is 1. The minimum atomic E-state index is -3.78. The van der Waals surface area contributed by atoms with Crippen LogP contribution in [0.4, 0.5) is 0 Å². The van der Waals surface area contributed by atoms with Gasteiger partial charge in [-0.15, -0.1) is 0 Å². The monoisotopic (exact) mass is 411 g/mol. The highest BCUT2D eigenvalue weighted by Crippen LogP contribution is 2.63. The van der Waals surface area contributed by atoms with Crippen molar-refractivity contribution in [2.24, 2.45) is 0 Å². The van der Waals surface area contributed by atoms with E-state index >= 15 is 0 Å². The minimum Gasteiger partial charge on any atom is -0.493 e. The molecule has 1 heterocycles. The molecule has 0 amide bonds. The summed E-state index contributed by atoms with van der Waals surface area (Å²) >= 11 is 0. The van der Waals surface area contributed by atoms with Gasteiger partial charge in [0.05, 0.1) is 22.2 Å². The Morgan fingerprint density at radius 3 is 2.48 bits per heavy atom. The lowest BCUT2D eigenvalue weighted by atomic mass is 10.1. The summed E-state index contributed by atoms with van der Waals surface area (Å²) in [4.78, 5) is 2.48. The number of hydrogen-bond acceptors (Lipinski definition) is 6. The summed E-state index contributed by atoms with van der Waals surface area (Å²) in [5, 5.41) is -1.04. The maximum atomic E-state index is 13.2. The van der Waals surface area contributed by atoms with Crippen LogP contribution in [-0.2, 0) is 9.84 Å². The number of hydrogen-bond donors (Lipinski definition) is 2. The zero-order chi connectivity index (χ0) is 19.7. The van der Waals surface area contributed by atoms with Gasteiger partial charge in [0, 0.05) is 12.1 Å². The maximum absolute atomic E-state index is 13.2. The highest BCUT2D eigenvalue weighted by Gasteiger charge is 2.45. The van der Waals surface area contributed by atoms with Crippen LogP contribution in [0, 0.1) is 0 Å². The molecular weight excluding hydrogens is 386 g/mol. The van der Waals surface area contributed by atoms with E-state index in [1.54, 1.807) is 36.4 Å². The second-order valence-corrected chi connectivity index (χ2v) is 11.1. The van der Waals surface area contributed by atoms with E-state index in [2.05, 4.69) is 0 Å². The van der Waals surface area contributed by atoms with Crippen LogP contribution in [0.3, 0.4) is 0 Å². The first-order valence-corrected chi connectivity index (χ1v) is 11.9. The van der Waals surface area contributed by atoms with Crippen molar-refractivity contribution in [2.45, 2.75) is 21.5 Å². The Balaban J connectivity index is 1.97. The molecule has 1 atom stereocenters. The number of benzene rings is 2. The molecule has 6 nitrogen and oxygen atoms in total. The minimum absolute atomic E-state index is 0.167. The molecule has 2 aromatic carbocycles. The van der Waals surface area contributed by atoms with Crippen molar-refractivity contribution >= 4 is 20.4 Å². The Morgan fingerprint density at radius 1 is 1.11 bits per heavy atom. The van der Waals surface area contributed by atoms with Crippen molar-refractivity contribution < 1.29 is 22.3 Å². The molecule has 8 heteroatoms. The molecule has 2 N–H and O–H groups in total. The van der Waals surface area contributed by atoms with Crippen LogP contribution in [0.5, 0.6) is 5.75 Å². The second kappa shape index (κ2) is 7.81. The number of fused-ring (bicyclic) bond motifs is 1. The summed E-state index contributed by atoms with van der Waals surface area (Å²) in [5.74, 6) is 0.172. The first-order valence-electron chi connectivity index (χ1n) is 8.69. The van der Waals surface area contributed by atoms with Gasteiger partial charge in [-0.3, -0.25) is 9.11 Å². The normalized spacial score (nSPS) is 19.7. The van der Waals surface area contributed by atoms with E-state index in [1.165, 1.54) is 12.1 Å². The third kappa shape index (κ3) is 4.14. The van der Waals surface area contributed by atoms with Crippen LogP contribution in [0.15, 0.2) is 58.3 Å². The van der Waals surface area contributed by atoms with Crippen LogP contribution >= 0.6 is 10.6 Å². The summed E-state index contributed by atoms with van der Waals surface area (Å²) in [6, 6.07) is 13.1. The molecule has 0 aliphatic carbocycles. The van der Waals surface area contributed by atoms with Crippen LogP contribution < -0.4 is 4.74 Å². The van der Waals surface area contributed by atoms with E-state index in [1.807, 2.05) is 19.0 Å². The van der Waals surface area contributed by atoms with Gasteiger partial charge in [-0.05, 0) is 44.8 Å². The first kappa shape index (κ1) is 20.2. The van der Waals surface area contributed by atoms with E-state index in [-0.39, 0.29) is 15.5 Å². The largest absolute Gasteiger partial charge is 0.493 e. The Labute approximate surface area is 162 Å². The summed E-state index contributed by atoms with van der Waals surface area (Å²) in [6.45, 7) is 1.27. The van der Waals surface area contributed by atoms with Gasteiger partial charge < -0.3 is 9.64 Å². The Hall–Kier alpha value is -1.58. The predicted octanol–water partition coefficient (Wildman–Crippen LogP) is 3.66. The van der Waals surface area contributed by atoms with E-state index in [0.717, 1.165) is 13.0 Å². The fourth-order valence-electron chi connectivity index (χ4n) is 3.22. The molecule has 2 aromatic rings. The van der Waals surface area contributed by atoms with Crippen LogP contribution in [0.1, 0.15) is 17.2 Å². The lowest BCUT2D eigenvalue weighted by Gasteiger charge is -2.27. The van der Waals surface area contributed by atoms with Crippen molar-refractivity contribution in [3.63, 3.8) is 0 Å². The number of sulfone groups is 1. The first-order chi connectivity index (χ1) is 12.7. The predicted molar refractivity (Wildman–Crippen MR) is 107 cm³/mol. The molecule has 1 aliphatic rings. The van der Waals surface area contributed by atoms with Crippen molar-refractivity contribution in [3.05, 3.63) is 54.1 Å². The molecule has 3 rings (SSSR count). The van der Waals surface area contributed by atoms with E-state index in [9.17, 15) is 17.5 Å². The molecule has 0 saturated heterocycles. The third-order valence-electron chi connectivity index (χ3n) is 4.54. The second-order valence-electron chi connectivity index (χ2n) is 6.85. The molecule has 27 heavy (non-hydrogen) atoms. The molecule has 0 aromatic heterocycles. The Bertz CT molecular complexity index is 898. The molecule has 0 bridgehead atoms. The van der Waals surface area contributed by atoms with Gasteiger partial charge in [0.25, 0.3) is 0 Å². The van der Waals surface area contributed by atoms with Gasteiger partial charge in [-0.2, -0.15) is 10.6 Å². The average molecular weight is 412 g/mol. The molecule has 0 radical (unpaired) electrons. The maximum Gasteiger partial charge on any atom is 0.187 e. The Morgan fingerprint density at radius 2 is 1.81 bits per heavy atom. The fourth-order valence-corrected chi connectivity index (χ4v) is 7.66. The quantitative estimate of drug-likeness (QED) is 0.676. The Kier molecular flexibility index (Phi) is 5.83.